The van der Waals surface area contributed by atoms with Crippen molar-refractivity contribution in [3.63, 3.8) is 0 Å². The molecule has 41 heteroatoms. The zero-order chi connectivity index (χ0) is 79.9. The molecule has 12 atom stereocenters. The van der Waals surface area contributed by atoms with Crippen LogP contribution in [0.15, 0.2) is 89.3 Å². The van der Waals surface area contributed by atoms with E-state index in [1.165, 1.54) is 41.7 Å². The lowest BCUT2D eigenvalue weighted by Crippen LogP contribution is -2.61. The molecule has 8 rings (SSSR count). The van der Waals surface area contributed by atoms with Gasteiger partial charge in [0, 0.05) is 80.5 Å². The highest BCUT2D eigenvalue weighted by molar-refractivity contribution is 6.00. The third kappa shape index (κ3) is 23.6. The molecule has 23 N–H and O–H groups in total. The Morgan fingerprint density at radius 1 is 0.745 bits per heavy atom. The van der Waals surface area contributed by atoms with E-state index in [1.807, 2.05) is 0 Å². The number of aromatic amines is 2. The van der Waals surface area contributed by atoms with Gasteiger partial charge in [-0.3, -0.25) is 62.3 Å². The Morgan fingerprint density at radius 3 is 2.04 bits per heavy atom. The predicted octanol–water partition coefficient (Wildman–Crippen LogP) is -4.39. The molecule has 0 saturated carbocycles. The lowest BCUT2D eigenvalue weighted by Gasteiger charge is -2.30. The van der Waals surface area contributed by atoms with Crippen LogP contribution in [0.2, 0.25) is 0 Å². The predicted molar refractivity (Wildman–Crippen MR) is 385 cm³/mol. The zero-order valence-corrected chi connectivity index (χ0v) is 60.2. The first-order valence-corrected chi connectivity index (χ1v) is 35.6. The number of ether oxygens (including phenoxy) is 2. The average molecular weight is 1540 g/mol. The second kappa shape index (κ2) is 39.3. The highest BCUT2D eigenvalue weighted by atomic mass is 19.3. The first kappa shape index (κ1) is 83.8. The lowest BCUT2D eigenvalue weighted by atomic mass is 10.00. The second-order valence-corrected chi connectivity index (χ2v) is 27.1. The molecule has 0 radical (unpaired) electrons. The number of H-pyrrole nitrogens is 2. The number of nitrogens with one attached hydrogen (secondary N) is 12. The number of benzene rings is 2. The van der Waals surface area contributed by atoms with Gasteiger partial charge in [0.15, 0.2) is 12.1 Å². The third-order valence-corrected chi connectivity index (χ3v) is 18.3. The molecule has 12 amide bonds. The van der Waals surface area contributed by atoms with E-state index < -0.39 is 176 Å². The fraction of sp³-hybridized carbons (Fsp3) is 0.507. The molecule has 3 aliphatic rings. The number of carbonyl (C=O) groups is 12. The summed E-state index contributed by atoms with van der Waals surface area (Å²) in [5.74, 6) is -14.5. The van der Waals surface area contributed by atoms with Crippen LogP contribution >= 0.6 is 0 Å². The zero-order valence-electron chi connectivity index (χ0n) is 60.2. The van der Waals surface area contributed by atoms with E-state index in [4.69, 9.17) is 32.4 Å². The molecule has 3 aliphatic heterocycles. The van der Waals surface area contributed by atoms with E-state index >= 15 is 18.4 Å². The van der Waals surface area contributed by atoms with Crippen LogP contribution in [-0.4, -0.2) is 234 Å². The molecule has 39 nitrogen and oxygen atoms in total. The minimum Gasteiger partial charge on any atom is -0.508 e. The number of aromatic nitrogens is 5. The number of carbonyl (C=O) groups excluding carboxylic acids is 12. The number of phenols is 1. The number of hydrogen-bond donors (Lipinski definition) is 19. The molecule has 6 heterocycles. The van der Waals surface area contributed by atoms with Gasteiger partial charge in [0.2, 0.25) is 71.2 Å². The number of aliphatic imine (C=N–C) groups is 1. The van der Waals surface area contributed by atoms with Crippen molar-refractivity contribution < 1.29 is 91.1 Å². The number of nitrogen functional groups attached to an aromatic ring is 1. The average Bonchev–Trinajstić information content (AvgIpc) is 1.61. The number of aliphatic hydroxyl groups excluding tert-OH is 2. The number of unbranched alkanes of at least 4 members (excludes halogenated alkanes) is 1. The van der Waals surface area contributed by atoms with E-state index in [-0.39, 0.29) is 120 Å². The number of imidazole rings is 1. The fourth-order valence-electron chi connectivity index (χ4n) is 12.7. The van der Waals surface area contributed by atoms with Crippen molar-refractivity contribution in [1.82, 2.24) is 82.6 Å². The number of fused-ring (bicyclic) bond motifs is 1. The molecule has 110 heavy (non-hydrogen) atoms. The Hall–Kier alpha value is -11.9. The summed E-state index contributed by atoms with van der Waals surface area (Å²) in [6, 6.07) is 0.336. The van der Waals surface area contributed by atoms with Crippen molar-refractivity contribution in [3.8, 4) is 5.75 Å². The van der Waals surface area contributed by atoms with E-state index in [0.29, 0.717) is 38.7 Å². The Bertz CT molecular complexity index is 4180. The van der Waals surface area contributed by atoms with Crippen molar-refractivity contribution in [2.75, 3.05) is 45.1 Å². The van der Waals surface area contributed by atoms with Gasteiger partial charge in [-0.2, -0.15) is 13.8 Å². The van der Waals surface area contributed by atoms with Gasteiger partial charge in [-0.25, -0.2) is 14.6 Å². The maximum absolute atomic E-state index is 15.3. The Morgan fingerprint density at radius 2 is 1.38 bits per heavy atom. The standard InChI is InChI=1S/C69H93F2N21O18/c1-35(2)25-45(58(100)84-44(12-7-22-77-66(74)75)64(106)91-23-8-13-50(91)63(105)80-31-53(73)95)85-56(98)42(11-5-6-21-78-68(108)109-33-51-55(97)69(70,71)65(110-51)92-24-20-52(72)90-67(92)107)83-59(101)46(26-36-14-16-39(94)17-15-36)86-62(104)49(32-93)89-60(102)47(27-37-29-79-41-10-4-3-9-40(37)41)87-61(103)48(28-38-30-76-34-81-38)88-57(99)43-18-19-54(96)82-43/h3-4,9-10,14-17,20,24,29-30,34-35,42-51,55,65,79,93-94,97H,5-8,11-13,18-19,21-23,25-28,31-33H2,1-2H3,(H2,73,95)(H,76,81)(H,78,108)(H,80,105)(H,82,96)(H,83,101)(H,84,100)(H,85,98)(H,86,104)(H,87,103)(H,88,99)(H,89,102)(H2,72,90,107)(H4,74,75,77)/t42-,43+,44+,45+,46+,47+,48+,49+,50+,51-,55-,65-/m1/s1. The number of aliphatic hydroxyl groups is 2. The van der Waals surface area contributed by atoms with Gasteiger partial charge < -0.3 is 116 Å². The van der Waals surface area contributed by atoms with Gasteiger partial charge in [-0.15, -0.1) is 0 Å². The highest BCUT2D eigenvalue weighted by Crippen LogP contribution is 2.42. The van der Waals surface area contributed by atoms with E-state index in [9.17, 15) is 68.1 Å². The first-order chi connectivity index (χ1) is 52.4. The molecule has 0 spiro atoms. The number of amides is 12. The van der Waals surface area contributed by atoms with Gasteiger partial charge in [-0.05, 0) is 99.1 Å². The molecule has 5 aromatic rings. The molecule has 0 bridgehead atoms. The summed E-state index contributed by atoms with van der Waals surface area (Å²) in [5, 5.41) is 58.1. The Balaban J connectivity index is 1.03. The number of phenolic OH excluding ortho intramolecular Hbond substituents is 1. The van der Waals surface area contributed by atoms with Gasteiger partial charge in [0.05, 0.1) is 19.5 Å². The number of nitrogens with two attached hydrogens (primary N) is 4. The van der Waals surface area contributed by atoms with E-state index in [1.54, 1.807) is 44.3 Å². The van der Waals surface area contributed by atoms with Crippen LogP contribution in [0.5, 0.6) is 5.75 Å². The molecule has 3 aromatic heterocycles. The van der Waals surface area contributed by atoms with Crippen LogP contribution in [0.3, 0.4) is 0 Å². The number of anilines is 1. The number of rotatable bonds is 39. The Labute approximate surface area is 627 Å². The molecule has 0 aliphatic carbocycles. The maximum Gasteiger partial charge on any atom is 0.407 e. The van der Waals surface area contributed by atoms with Crippen LogP contribution in [0, 0.1) is 5.92 Å². The number of halogens is 2. The minimum absolute atomic E-state index is 0.00388. The highest BCUT2D eigenvalue weighted by Gasteiger charge is 2.60. The first-order valence-electron chi connectivity index (χ1n) is 35.6. The maximum atomic E-state index is 15.3. The smallest absolute Gasteiger partial charge is 0.407 e. The number of alkyl carbamates (subject to hydrolysis) is 1. The topological polar surface area (TPSA) is 603 Å². The van der Waals surface area contributed by atoms with Gasteiger partial charge >= 0.3 is 17.7 Å². The molecular formula is C69H93F2N21O18. The SMILES string of the molecule is CC(C)C[C@H](NC(=O)[C@@H](CCCCNC(=O)OC[C@H]1O[C@@H](n2ccc(N)nc2=O)C(F)(F)[C@@H]1O)NC(=O)[C@H](Cc1ccc(O)cc1)NC(=O)[C@H](CO)NC(=O)[C@H](Cc1c[nH]c2ccccc12)NC(=O)[C@H](Cc1cnc[nH]1)NC(=O)[C@@H]1CCC(=O)N1)C(=O)N[C@@H](CCCN=C(N)N)C(=O)N1CCC[C@H]1C(=O)NCC(N)=O. The monoisotopic (exact) mass is 1540 g/mol. The van der Waals surface area contributed by atoms with Crippen LogP contribution in [0.1, 0.15) is 101 Å². The number of hydrogen-bond acceptors (Lipinski definition) is 22. The number of nitrogens with zero attached hydrogens (tertiary/aromatic N) is 5. The minimum atomic E-state index is -4.08. The molecule has 3 fully saturated rings. The van der Waals surface area contributed by atoms with Crippen LogP contribution in [0.25, 0.3) is 10.9 Å². The van der Waals surface area contributed by atoms with E-state index in [2.05, 4.69) is 78.1 Å². The van der Waals surface area contributed by atoms with Gasteiger partial charge in [-0.1, -0.05) is 44.2 Å². The summed E-state index contributed by atoms with van der Waals surface area (Å²) in [6.45, 7) is 0.705. The number of para-hydroxylation sites is 1. The number of likely N-dealkylation sites (tertiary alicyclic amines) is 1. The summed E-state index contributed by atoms with van der Waals surface area (Å²) in [6.07, 6.45) is -3.23. The van der Waals surface area contributed by atoms with Crippen molar-refractivity contribution in [2.24, 2.45) is 28.1 Å². The molecule has 3 saturated heterocycles. The summed E-state index contributed by atoms with van der Waals surface area (Å²) in [7, 11) is 0. The molecule has 596 valence electrons. The van der Waals surface area contributed by atoms with Gasteiger partial charge in [0.1, 0.15) is 78.7 Å². The van der Waals surface area contributed by atoms with Crippen LogP contribution in [0.4, 0.5) is 19.4 Å². The van der Waals surface area contributed by atoms with Crippen molar-refractivity contribution in [2.45, 2.75) is 176 Å². The van der Waals surface area contributed by atoms with Crippen LogP contribution in [-0.2, 0) is 81.5 Å². The fourth-order valence-corrected chi connectivity index (χ4v) is 12.7. The van der Waals surface area contributed by atoms with E-state index in [0.717, 1.165) is 12.3 Å². The summed E-state index contributed by atoms with van der Waals surface area (Å²) in [5.41, 5.74) is 22.5. The quantitative estimate of drug-likeness (QED) is 0.0100. The van der Waals surface area contributed by atoms with Crippen molar-refractivity contribution in [3.05, 3.63) is 107 Å². The molecule has 2 aromatic carbocycles. The summed E-state index contributed by atoms with van der Waals surface area (Å²) >= 11 is 0. The number of alkyl halides is 2. The summed E-state index contributed by atoms with van der Waals surface area (Å²) in [4.78, 5) is 198. The van der Waals surface area contributed by atoms with Crippen LogP contribution < -0.4 is 81.8 Å². The second-order valence-electron chi connectivity index (χ2n) is 27.1. The molecule has 0 unspecified atom stereocenters. The number of aromatic hydroxyl groups is 1. The normalized spacial score (nSPS) is 19.1. The Kier molecular flexibility index (Phi) is 29.9. The van der Waals surface area contributed by atoms with Crippen molar-refractivity contribution in [1.29, 1.82) is 0 Å². The third-order valence-electron chi connectivity index (χ3n) is 18.3. The number of guanidine groups is 1. The lowest BCUT2D eigenvalue weighted by molar-refractivity contribution is -0.142. The molecular weight excluding hydrogens is 1450 g/mol. The largest absolute Gasteiger partial charge is 0.508 e. The summed E-state index contributed by atoms with van der Waals surface area (Å²) < 4.78 is 41.3. The van der Waals surface area contributed by atoms with Crippen molar-refractivity contribution >= 4 is 93.8 Å². The van der Waals surface area contributed by atoms with Gasteiger partial charge in [0.25, 0.3) is 0 Å². The number of primary amides is 1.